The normalized spacial score (nSPS) is 14.1. The van der Waals surface area contributed by atoms with E-state index in [9.17, 15) is 24.2 Å². The smallest absolute Gasteiger partial charge is 0.412 e. The highest BCUT2D eigenvalue weighted by atomic mass is 19.1. The second-order valence-corrected chi connectivity index (χ2v) is 5.59. The van der Waals surface area contributed by atoms with E-state index in [0.29, 0.717) is 0 Å². The van der Waals surface area contributed by atoms with Crippen LogP contribution in [-0.2, 0) is 9.53 Å². The molecule has 1 rings (SSSR count). The topological polar surface area (TPSA) is 116 Å². The van der Waals surface area contributed by atoms with Crippen molar-refractivity contribution in [2.24, 2.45) is 0 Å². The lowest BCUT2D eigenvalue weighted by Gasteiger charge is -2.20. The third kappa shape index (κ3) is 4.97. The van der Waals surface area contributed by atoms with E-state index in [4.69, 9.17) is 9.84 Å². The van der Waals surface area contributed by atoms with Crippen LogP contribution in [0.2, 0.25) is 0 Å². The number of benzene rings is 1. The van der Waals surface area contributed by atoms with Gasteiger partial charge in [-0.05, 0) is 38.5 Å². The van der Waals surface area contributed by atoms with Gasteiger partial charge in [-0.2, -0.15) is 0 Å². The molecular formula is C14H18FNO6. The first-order chi connectivity index (χ1) is 10.0. The molecule has 122 valence electrons. The zero-order valence-electron chi connectivity index (χ0n) is 12.3. The van der Waals surface area contributed by atoms with Crippen LogP contribution >= 0.6 is 0 Å². The summed E-state index contributed by atoms with van der Waals surface area (Å²) in [6.07, 6.45) is -4.73. The number of aliphatic carboxylic acids is 1. The van der Waals surface area contributed by atoms with E-state index < -0.39 is 35.7 Å². The van der Waals surface area contributed by atoms with Crippen LogP contribution in [-0.4, -0.2) is 39.1 Å². The maximum Gasteiger partial charge on any atom is 0.412 e. The number of rotatable bonds is 4. The largest absolute Gasteiger partial charge is 0.479 e. The summed E-state index contributed by atoms with van der Waals surface area (Å²) in [6.45, 7) is 4.95. The fraction of sp³-hybridized carbons (Fsp3) is 0.429. The Balaban J connectivity index is 2.86. The van der Waals surface area contributed by atoms with Crippen LogP contribution in [0, 0.1) is 5.82 Å². The zero-order valence-corrected chi connectivity index (χ0v) is 12.3. The number of carboxylic acids is 1. The second kappa shape index (κ2) is 6.71. The van der Waals surface area contributed by atoms with Crippen LogP contribution in [0.5, 0.6) is 0 Å². The molecule has 4 N–H and O–H groups in total. The van der Waals surface area contributed by atoms with Gasteiger partial charge in [0.25, 0.3) is 0 Å². The quantitative estimate of drug-likeness (QED) is 0.671. The highest BCUT2D eigenvalue weighted by molar-refractivity contribution is 5.85. The number of carboxylic acid groups (broad SMARTS) is 1. The molecule has 0 radical (unpaired) electrons. The van der Waals surface area contributed by atoms with E-state index in [0.717, 1.165) is 12.1 Å². The van der Waals surface area contributed by atoms with Crippen molar-refractivity contribution in [1.29, 1.82) is 0 Å². The first-order valence-corrected chi connectivity index (χ1v) is 6.39. The molecule has 0 saturated carbocycles. The van der Waals surface area contributed by atoms with Gasteiger partial charge in [0, 0.05) is 0 Å². The standard InChI is InChI=1S/C14H18FNO6/c1-14(2,3)22-13(21)16-9-5-4-7(6-8(9)15)10(17)11(18)12(19)20/h4-6,10-11,17-18H,1-3H3,(H,16,21)(H,19,20). The minimum atomic E-state index is -2.08. The number of hydrogen-bond donors (Lipinski definition) is 4. The van der Waals surface area contributed by atoms with Crippen molar-refractivity contribution in [3.05, 3.63) is 29.6 Å². The Kier molecular flexibility index (Phi) is 5.45. The van der Waals surface area contributed by atoms with Gasteiger partial charge < -0.3 is 20.1 Å². The maximum atomic E-state index is 13.9. The highest BCUT2D eigenvalue weighted by Gasteiger charge is 2.26. The SMILES string of the molecule is CC(C)(C)OC(=O)Nc1ccc(C(O)C(O)C(=O)O)cc1F. The summed E-state index contributed by atoms with van der Waals surface area (Å²) in [7, 11) is 0. The molecule has 0 bridgehead atoms. The van der Waals surface area contributed by atoms with E-state index in [-0.39, 0.29) is 11.3 Å². The number of amides is 1. The monoisotopic (exact) mass is 315 g/mol. The summed E-state index contributed by atoms with van der Waals surface area (Å²) >= 11 is 0. The third-order valence-electron chi connectivity index (χ3n) is 2.52. The van der Waals surface area contributed by atoms with Gasteiger partial charge in [0.15, 0.2) is 6.10 Å². The average molecular weight is 315 g/mol. The van der Waals surface area contributed by atoms with Crippen LogP contribution in [0.25, 0.3) is 0 Å². The number of ether oxygens (including phenoxy) is 1. The molecular weight excluding hydrogens is 297 g/mol. The Hall–Kier alpha value is -2.19. The van der Waals surface area contributed by atoms with Crippen molar-refractivity contribution in [2.75, 3.05) is 5.32 Å². The number of halogens is 1. The van der Waals surface area contributed by atoms with Gasteiger partial charge in [-0.15, -0.1) is 0 Å². The average Bonchev–Trinajstić information content (AvgIpc) is 2.37. The molecule has 0 aliphatic rings. The summed E-state index contributed by atoms with van der Waals surface area (Å²) < 4.78 is 18.8. The molecule has 0 spiro atoms. The number of hydrogen-bond acceptors (Lipinski definition) is 5. The first kappa shape index (κ1) is 17.9. The molecule has 1 aromatic carbocycles. The van der Waals surface area contributed by atoms with E-state index in [1.165, 1.54) is 6.07 Å². The minimum absolute atomic E-state index is 0.137. The number of anilines is 1. The third-order valence-corrected chi connectivity index (χ3v) is 2.52. The van der Waals surface area contributed by atoms with Crippen molar-refractivity contribution < 1.29 is 34.0 Å². The molecule has 0 heterocycles. The molecule has 22 heavy (non-hydrogen) atoms. The molecule has 8 heteroatoms. The van der Waals surface area contributed by atoms with E-state index in [1.807, 2.05) is 0 Å². The lowest BCUT2D eigenvalue weighted by Crippen LogP contribution is -2.28. The summed E-state index contributed by atoms with van der Waals surface area (Å²) in [4.78, 5) is 22.1. The van der Waals surface area contributed by atoms with Crippen molar-refractivity contribution in [2.45, 2.75) is 38.6 Å². The predicted molar refractivity (Wildman–Crippen MR) is 74.9 cm³/mol. The van der Waals surface area contributed by atoms with Crippen LogP contribution in [0.4, 0.5) is 14.9 Å². The van der Waals surface area contributed by atoms with Gasteiger partial charge in [-0.1, -0.05) is 6.07 Å². The summed E-state index contributed by atoms with van der Waals surface area (Å²) in [5.74, 6) is -2.54. The predicted octanol–water partition coefficient (Wildman–Crippen LogP) is 1.65. The molecule has 0 aliphatic carbocycles. The molecule has 0 aromatic heterocycles. The number of aliphatic hydroxyl groups excluding tert-OH is 2. The second-order valence-electron chi connectivity index (χ2n) is 5.59. The van der Waals surface area contributed by atoms with E-state index >= 15 is 0 Å². The maximum absolute atomic E-state index is 13.9. The van der Waals surface area contributed by atoms with Crippen molar-refractivity contribution in [3.63, 3.8) is 0 Å². The number of carbonyl (C=O) groups is 2. The zero-order chi connectivity index (χ0) is 17.1. The number of carbonyl (C=O) groups excluding carboxylic acids is 1. The Labute approximate surface area is 126 Å². The highest BCUT2D eigenvalue weighted by Crippen LogP contribution is 2.23. The number of aliphatic hydroxyl groups is 2. The van der Waals surface area contributed by atoms with Gasteiger partial charge >= 0.3 is 12.1 Å². The molecule has 7 nitrogen and oxygen atoms in total. The van der Waals surface area contributed by atoms with Gasteiger partial charge in [0.05, 0.1) is 5.69 Å². The van der Waals surface area contributed by atoms with Gasteiger partial charge in [0.2, 0.25) is 0 Å². The van der Waals surface area contributed by atoms with Crippen molar-refractivity contribution in [3.8, 4) is 0 Å². The molecule has 0 saturated heterocycles. The summed E-state index contributed by atoms with van der Waals surface area (Å²) in [6, 6.07) is 3.14. The fourth-order valence-corrected chi connectivity index (χ4v) is 1.55. The Morgan fingerprint density at radius 2 is 1.86 bits per heavy atom. The van der Waals surface area contributed by atoms with Crippen LogP contribution in [0.15, 0.2) is 18.2 Å². The van der Waals surface area contributed by atoms with Gasteiger partial charge in [0.1, 0.15) is 17.5 Å². The molecule has 2 atom stereocenters. The fourth-order valence-electron chi connectivity index (χ4n) is 1.55. The molecule has 2 unspecified atom stereocenters. The molecule has 1 amide bonds. The van der Waals surface area contributed by atoms with Crippen molar-refractivity contribution in [1.82, 2.24) is 0 Å². The van der Waals surface area contributed by atoms with E-state index in [1.54, 1.807) is 20.8 Å². The minimum Gasteiger partial charge on any atom is -0.479 e. The molecule has 1 aromatic rings. The van der Waals surface area contributed by atoms with Crippen molar-refractivity contribution >= 4 is 17.7 Å². The molecule has 0 fully saturated rings. The molecule has 0 aliphatic heterocycles. The Morgan fingerprint density at radius 3 is 2.32 bits per heavy atom. The van der Waals surface area contributed by atoms with Crippen LogP contribution < -0.4 is 5.32 Å². The summed E-state index contributed by atoms with van der Waals surface area (Å²) in [5, 5.41) is 29.6. The Morgan fingerprint density at radius 1 is 1.27 bits per heavy atom. The van der Waals surface area contributed by atoms with Gasteiger partial charge in [-0.3, -0.25) is 5.32 Å². The Bertz CT molecular complexity index is 569. The lowest BCUT2D eigenvalue weighted by atomic mass is 10.0. The van der Waals surface area contributed by atoms with Crippen LogP contribution in [0.1, 0.15) is 32.4 Å². The number of nitrogens with one attached hydrogen (secondary N) is 1. The van der Waals surface area contributed by atoms with Crippen LogP contribution in [0.3, 0.4) is 0 Å². The first-order valence-electron chi connectivity index (χ1n) is 6.39. The van der Waals surface area contributed by atoms with Gasteiger partial charge in [-0.25, -0.2) is 14.0 Å². The van der Waals surface area contributed by atoms with E-state index in [2.05, 4.69) is 5.32 Å². The lowest BCUT2D eigenvalue weighted by molar-refractivity contribution is -0.153. The summed E-state index contributed by atoms with van der Waals surface area (Å²) in [5.41, 5.74) is -1.08.